The first-order valence-electron chi connectivity index (χ1n) is 7.98. The molecule has 126 valence electrons. The van der Waals surface area contributed by atoms with E-state index in [2.05, 4.69) is 5.16 Å². The van der Waals surface area contributed by atoms with Gasteiger partial charge in [-0.05, 0) is 50.5 Å². The minimum absolute atomic E-state index is 0.0676. The Balaban J connectivity index is 1.75. The third-order valence-electron chi connectivity index (χ3n) is 4.38. The lowest BCUT2D eigenvalue weighted by atomic mass is 9.88. The van der Waals surface area contributed by atoms with Crippen LogP contribution in [0.25, 0.3) is 0 Å². The topological polar surface area (TPSA) is 63.4 Å². The van der Waals surface area contributed by atoms with Gasteiger partial charge in [0.25, 0.3) is 5.91 Å². The van der Waals surface area contributed by atoms with Gasteiger partial charge < -0.3 is 9.42 Å². The van der Waals surface area contributed by atoms with Crippen LogP contribution >= 0.6 is 11.6 Å². The van der Waals surface area contributed by atoms with Crippen molar-refractivity contribution in [2.24, 2.45) is 5.92 Å². The summed E-state index contributed by atoms with van der Waals surface area (Å²) in [6.45, 7) is 4.67. The lowest BCUT2D eigenvalue weighted by Crippen LogP contribution is -2.42. The van der Waals surface area contributed by atoms with Gasteiger partial charge in [0.15, 0.2) is 11.5 Å². The fraction of sp³-hybridized carbons (Fsp3) is 0.389. The molecule has 6 heteroatoms. The first-order chi connectivity index (χ1) is 11.5. The number of Topliss-reactive ketones (excluding diaryl/α,β-unsaturated/α-hetero) is 1. The number of ketones is 1. The van der Waals surface area contributed by atoms with E-state index >= 15 is 0 Å². The summed E-state index contributed by atoms with van der Waals surface area (Å²) < 4.78 is 4.97. The summed E-state index contributed by atoms with van der Waals surface area (Å²) in [6, 6.07) is 6.91. The molecule has 0 unspecified atom stereocenters. The monoisotopic (exact) mass is 346 g/mol. The summed E-state index contributed by atoms with van der Waals surface area (Å²) in [5.74, 6) is 0.283. The molecule has 0 bridgehead atoms. The van der Waals surface area contributed by atoms with E-state index in [0.717, 1.165) is 18.4 Å². The number of carbonyl (C=O) groups is 2. The normalized spacial score (nSPS) is 17.8. The van der Waals surface area contributed by atoms with E-state index in [9.17, 15) is 9.59 Å². The Labute approximate surface area is 145 Å². The van der Waals surface area contributed by atoms with Crippen molar-refractivity contribution in [1.82, 2.24) is 10.1 Å². The van der Waals surface area contributed by atoms with Crippen molar-refractivity contribution in [2.45, 2.75) is 26.7 Å². The number of halogens is 1. The fourth-order valence-corrected chi connectivity index (χ4v) is 3.35. The molecule has 1 fully saturated rings. The van der Waals surface area contributed by atoms with Gasteiger partial charge in [0.2, 0.25) is 0 Å². The lowest BCUT2D eigenvalue weighted by molar-refractivity contribution is 0.0628. The first kappa shape index (κ1) is 16.7. The average molecular weight is 347 g/mol. The van der Waals surface area contributed by atoms with Crippen LogP contribution in [-0.4, -0.2) is 34.8 Å². The minimum Gasteiger partial charge on any atom is -0.361 e. The highest BCUT2D eigenvalue weighted by atomic mass is 35.5. The van der Waals surface area contributed by atoms with Crippen molar-refractivity contribution in [3.8, 4) is 0 Å². The fourth-order valence-electron chi connectivity index (χ4n) is 3.13. The predicted molar refractivity (Wildman–Crippen MR) is 90.4 cm³/mol. The molecule has 0 spiro atoms. The number of hydrogen-bond donors (Lipinski definition) is 0. The summed E-state index contributed by atoms with van der Waals surface area (Å²) in [5, 5.41) is 4.39. The molecule has 0 aliphatic carbocycles. The molecule has 5 nitrogen and oxygen atoms in total. The molecule has 1 aromatic heterocycles. The second kappa shape index (κ2) is 6.77. The zero-order valence-corrected chi connectivity index (χ0v) is 14.5. The van der Waals surface area contributed by atoms with Gasteiger partial charge in [0, 0.05) is 35.7 Å². The van der Waals surface area contributed by atoms with Gasteiger partial charge in [0.1, 0.15) is 5.76 Å². The van der Waals surface area contributed by atoms with Crippen LogP contribution < -0.4 is 0 Å². The molecule has 1 aromatic carbocycles. The van der Waals surface area contributed by atoms with Crippen LogP contribution in [0.2, 0.25) is 5.02 Å². The third-order valence-corrected chi connectivity index (χ3v) is 4.62. The van der Waals surface area contributed by atoms with Crippen molar-refractivity contribution in [1.29, 1.82) is 0 Å². The van der Waals surface area contributed by atoms with Crippen molar-refractivity contribution in [3.05, 3.63) is 51.9 Å². The minimum atomic E-state index is -0.199. The van der Waals surface area contributed by atoms with Crippen LogP contribution in [0.4, 0.5) is 0 Å². The molecule has 2 heterocycles. The van der Waals surface area contributed by atoms with Crippen LogP contribution in [0.5, 0.6) is 0 Å². The number of rotatable bonds is 3. The Morgan fingerprint density at radius 1 is 1.29 bits per heavy atom. The number of amides is 1. The van der Waals surface area contributed by atoms with Crippen molar-refractivity contribution < 1.29 is 14.1 Å². The van der Waals surface area contributed by atoms with E-state index in [0.29, 0.717) is 35.1 Å². The molecule has 0 N–H and O–H groups in total. The smallest absolute Gasteiger partial charge is 0.276 e. The number of hydrogen-bond acceptors (Lipinski definition) is 4. The lowest BCUT2D eigenvalue weighted by Gasteiger charge is -2.31. The van der Waals surface area contributed by atoms with Crippen molar-refractivity contribution >= 4 is 23.3 Å². The molecule has 1 saturated heterocycles. The summed E-state index contributed by atoms with van der Waals surface area (Å²) in [6.07, 6.45) is 1.58. The largest absolute Gasteiger partial charge is 0.361 e. The quantitative estimate of drug-likeness (QED) is 0.795. The van der Waals surface area contributed by atoms with Crippen LogP contribution in [0.1, 0.15) is 45.0 Å². The maximum Gasteiger partial charge on any atom is 0.276 e. The van der Waals surface area contributed by atoms with Gasteiger partial charge in [-0.1, -0.05) is 16.8 Å². The number of benzene rings is 1. The average Bonchev–Trinajstić information content (AvgIpc) is 3.00. The van der Waals surface area contributed by atoms with Gasteiger partial charge >= 0.3 is 0 Å². The second-order valence-corrected chi connectivity index (χ2v) is 6.67. The van der Waals surface area contributed by atoms with Crippen LogP contribution in [0.3, 0.4) is 0 Å². The summed E-state index contributed by atoms with van der Waals surface area (Å²) in [4.78, 5) is 27.0. The number of nitrogens with zero attached hydrogens (tertiary/aromatic N) is 2. The van der Waals surface area contributed by atoms with E-state index in [1.807, 2.05) is 6.92 Å². The number of piperidine rings is 1. The van der Waals surface area contributed by atoms with Crippen LogP contribution in [0.15, 0.2) is 28.8 Å². The van der Waals surface area contributed by atoms with Gasteiger partial charge in [0.05, 0.1) is 0 Å². The van der Waals surface area contributed by atoms with E-state index in [-0.39, 0.29) is 17.6 Å². The SMILES string of the molecule is Cc1cc(C(=O)N2CCC[C@H](C(=O)c3ccc(Cl)cc3C)C2)no1. The van der Waals surface area contributed by atoms with E-state index in [1.165, 1.54) is 0 Å². The molecule has 24 heavy (non-hydrogen) atoms. The molecular formula is C18H19ClN2O3. The Morgan fingerprint density at radius 2 is 2.08 bits per heavy atom. The first-order valence-corrected chi connectivity index (χ1v) is 8.36. The van der Waals surface area contributed by atoms with Gasteiger partial charge in [-0.2, -0.15) is 0 Å². The number of aryl methyl sites for hydroxylation is 2. The molecule has 1 aliphatic rings. The maximum atomic E-state index is 12.8. The molecule has 1 aliphatic heterocycles. The number of aromatic nitrogens is 1. The zero-order valence-electron chi connectivity index (χ0n) is 13.7. The summed E-state index contributed by atoms with van der Waals surface area (Å²) in [5.41, 5.74) is 1.84. The van der Waals surface area contributed by atoms with E-state index in [1.54, 1.807) is 36.1 Å². The summed E-state index contributed by atoms with van der Waals surface area (Å²) >= 11 is 5.96. The highest BCUT2D eigenvalue weighted by Crippen LogP contribution is 2.25. The van der Waals surface area contributed by atoms with Crippen LogP contribution in [0, 0.1) is 19.8 Å². The zero-order chi connectivity index (χ0) is 17.3. The van der Waals surface area contributed by atoms with Gasteiger partial charge in [-0.15, -0.1) is 0 Å². The Morgan fingerprint density at radius 3 is 2.75 bits per heavy atom. The summed E-state index contributed by atoms with van der Waals surface area (Å²) in [7, 11) is 0. The van der Waals surface area contributed by atoms with E-state index < -0.39 is 0 Å². The predicted octanol–water partition coefficient (Wildman–Crippen LogP) is 3.68. The Bertz CT molecular complexity index is 784. The Kier molecular flexibility index (Phi) is 4.71. The molecule has 1 atom stereocenters. The number of likely N-dealkylation sites (tertiary alicyclic amines) is 1. The highest BCUT2D eigenvalue weighted by molar-refractivity contribution is 6.30. The van der Waals surface area contributed by atoms with Gasteiger partial charge in [-0.25, -0.2) is 0 Å². The van der Waals surface area contributed by atoms with Crippen LogP contribution in [-0.2, 0) is 0 Å². The third kappa shape index (κ3) is 3.36. The molecule has 3 rings (SSSR count). The second-order valence-electron chi connectivity index (χ2n) is 6.24. The standard InChI is InChI=1S/C18H19ClN2O3/c1-11-8-14(19)5-6-15(11)17(22)13-4-3-7-21(10-13)18(23)16-9-12(2)24-20-16/h5-6,8-9,13H,3-4,7,10H2,1-2H3/t13-/m0/s1. The molecule has 2 aromatic rings. The number of carbonyl (C=O) groups excluding carboxylic acids is 2. The molecular weight excluding hydrogens is 328 g/mol. The molecule has 1 amide bonds. The molecule has 0 saturated carbocycles. The molecule has 0 radical (unpaired) electrons. The van der Waals surface area contributed by atoms with Crippen molar-refractivity contribution in [3.63, 3.8) is 0 Å². The highest BCUT2D eigenvalue weighted by Gasteiger charge is 2.31. The van der Waals surface area contributed by atoms with Crippen molar-refractivity contribution in [2.75, 3.05) is 13.1 Å². The van der Waals surface area contributed by atoms with Gasteiger partial charge in [-0.3, -0.25) is 9.59 Å². The Hall–Kier alpha value is -2.14. The van der Waals surface area contributed by atoms with E-state index in [4.69, 9.17) is 16.1 Å². The maximum absolute atomic E-state index is 12.8.